The molecule has 0 spiro atoms. The van der Waals surface area contributed by atoms with Gasteiger partial charge in [-0.15, -0.1) is 0 Å². The predicted octanol–water partition coefficient (Wildman–Crippen LogP) is 3.22. The molecule has 2 heterocycles. The van der Waals surface area contributed by atoms with Crippen LogP contribution in [0.25, 0.3) is 10.9 Å². The summed E-state index contributed by atoms with van der Waals surface area (Å²) in [5.41, 5.74) is 2.14. The van der Waals surface area contributed by atoms with Gasteiger partial charge in [-0.3, -0.25) is 0 Å². The van der Waals surface area contributed by atoms with Crippen LogP contribution in [0.4, 0.5) is 0 Å². The van der Waals surface area contributed by atoms with E-state index >= 15 is 0 Å². The van der Waals surface area contributed by atoms with Crippen molar-refractivity contribution in [2.24, 2.45) is 0 Å². The summed E-state index contributed by atoms with van der Waals surface area (Å²) in [6, 6.07) is 11.7. The van der Waals surface area contributed by atoms with Crippen LogP contribution in [0.5, 0.6) is 0 Å². The molecular formula is C16H21N3. The largest absolute Gasteiger partial charge is 0.301 e. The zero-order valence-electron chi connectivity index (χ0n) is 11.9. The van der Waals surface area contributed by atoms with Crippen LogP contribution >= 0.6 is 0 Å². The van der Waals surface area contributed by atoms with E-state index in [9.17, 15) is 0 Å². The summed E-state index contributed by atoms with van der Waals surface area (Å²) in [6.45, 7) is 4.61. The van der Waals surface area contributed by atoms with Gasteiger partial charge in [0.25, 0.3) is 0 Å². The van der Waals surface area contributed by atoms with E-state index in [4.69, 9.17) is 0 Å². The smallest absolute Gasteiger partial charge is 0.0929 e. The normalized spacial score (nSPS) is 28.7. The Kier molecular flexibility index (Phi) is 3.23. The quantitative estimate of drug-likeness (QED) is 0.783. The van der Waals surface area contributed by atoms with Crippen LogP contribution in [0.2, 0.25) is 0 Å². The average Bonchev–Trinajstić information content (AvgIpc) is 2.43. The SMILES string of the molecule is C[C@@H]1CC(c2cc3ccccc3nn2)C[C@H](C)N1C. The molecule has 1 fully saturated rings. The van der Waals surface area contributed by atoms with E-state index in [1.54, 1.807) is 0 Å². The minimum absolute atomic E-state index is 0.540. The average molecular weight is 255 g/mol. The molecule has 0 radical (unpaired) electrons. The topological polar surface area (TPSA) is 29.0 Å². The van der Waals surface area contributed by atoms with Gasteiger partial charge in [-0.25, -0.2) is 0 Å². The molecule has 100 valence electrons. The van der Waals surface area contributed by atoms with Gasteiger partial charge in [0, 0.05) is 23.4 Å². The maximum atomic E-state index is 4.46. The molecule has 0 amide bonds. The van der Waals surface area contributed by atoms with Crippen LogP contribution in [0.15, 0.2) is 30.3 Å². The van der Waals surface area contributed by atoms with Crippen molar-refractivity contribution < 1.29 is 0 Å². The highest BCUT2D eigenvalue weighted by atomic mass is 15.2. The first-order valence-corrected chi connectivity index (χ1v) is 7.09. The third-order valence-electron chi connectivity index (χ3n) is 4.57. The van der Waals surface area contributed by atoms with Crippen LogP contribution in [-0.2, 0) is 0 Å². The zero-order valence-corrected chi connectivity index (χ0v) is 11.9. The van der Waals surface area contributed by atoms with E-state index in [0.29, 0.717) is 18.0 Å². The number of nitrogens with zero attached hydrogens (tertiary/aromatic N) is 3. The molecule has 1 unspecified atom stereocenters. The van der Waals surface area contributed by atoms with Crippen molar-refractivity contribution in [1.29, 1.82) is 0 Å². The van der Waals surface area contributed by atoms with E-state index in [2.05, 4.69) is 54.2 Å². The second-order valence-electron chi connectivity index (χ2n) is 5.86. The summed E-state index contributed by atoms with van der Waals surface area (Å²) in [5.74, 6) is 0.540. The Bertz CT molecular complexity index is 569. The molecule has 3 rings (SSSR count). The summed E-state index contributed by atoms with van der Waals surface area (Å²) < 4.78 is 0. The molecule has 0 aliphatic carbocycles. The van der Waals surface area contributed by atoms with Crippen molar-refractivity contribution in [3.8, 4) is 0 Å². The first-order chi connectivity index (χ1) is 9.15. The highest BCUT2D eigenvalue weighted by Crippen LogP contribution is 2.33. The number of piperidine rings is 1. The number of fused-ring (bicyclic) bond motifs is 1. The van der Waals surface area contributed by atoms with Gasteiger partial charge < -0.3 is 4.90 Å². The second-order valence-corrected chi connectivity index (χ2v) is 5.86. The molecule has 3 atom stereocenters. The first-order valence-electron chi connectivity index (χ1n) is 7.09. The van der Waals surface area contributed by atoms with Gasteiger partial charge in [-0.1, -0.05) is 18.2 Å². The third kappa shape index (κ3) is 2.35. The molecule has 3 heteroatoms. The molecule has 19 heavy (non-hydrogen) atoms. The molecule has 1 aromatic carbocycles. The fourth-order valence-corrected chi connectivity index (χ4v) is 3.13. The van der Waals surface area contributed by atoms with Crippen molar-refractivity contribution in [2.45, 2.75) is 44.7 Å². The Hall–Kier alpha value is -1.48. The van der Waals surface area contributed by atoms with Gasteiger partial charge in [0.15, 0.2) is 0 Å². The zero-order chi connectivity index (χ0) is 13.4. The lowest BCUT2D eigenvalue weighted by molar-refractivity contribution is 0.121. The minimum Gasteiger partial charge on any atom is -0.301 e. The van der Waals surface area contributed by atoms with Crippen molar-refractivity contribution in [3.63, 3.8) is 0 Å². The van der Waals surface area contributed by atoms with Gasteiger partial charge in [0.2, 0.25) is 0 Å². The number of aromatic nitrogens is 2. The molecule has 0 N–H and O–H groups in total. The fraction of sp³-hybridized carbons (Fsp3) is 0.500. The number of benzene rings is 1. The number of hydrogen-bond donors (Lipinski definition) is 0. The molecule has 0 saturated carbocycles. The van der Waals surface area contributed by atoms with Crippen molar-refractivity contribution in [3.05, 3.63) is 36.0 Å². The fourth-order valence-electron chi connectivity index (χ4n) is 3.13. The van der Waals surface area contributed by atoms with E-state index < -0.39 is 0 Å². The predicted molar refractivity (Wildman–Crippen MR) is 78.2 cm³/mol. The van der Waals surface area contributed by atoms with Gasteiger partial charge in [0.1, 0.15) is 0 Å². The third-order valence-corrected chi connectivity index (χ3v) is 4.57. The molecule has 0 bridgehead atoms. The minimum atomic E-state index is 0.540. The van der Waals surface area contributed by atoms with Gasteiger partial charge in [-0.2, -0.15) is 10.2 Å². The first kappa shape index (κ1) is 12.5. The Labute approximate surface area is 114 Å². The maximum Gasteiger partial charge on any atom is 0.0929 e. The van der Waals surface area contributed by atoms with Crippen molar-refractivity contribution in [1.82, 2.24) is 15.1 Å². The number of hydrogen-bond acceptors (Lipinski definition) is 3. The van der Waals surface area contributed by atoms with Crippen molar-refractivity contribution in [2.75, 3.05) is 7.05 Å². The second kappa shape index (κ2) is 4.89. The Balaban J connectivity index is 1.91. The van der Waals surface area contributed by atoms with Crippen LogP contribution in [0, 0.1) is 0 Å². The monoisotopic (exact) mass is 255 g/mol. The Morgan fingerprint density at radius 3 is 2.47 bits per heavy atom. The number of likely N-dealkylation sites (tertiary alicyclic amines) is 1. The standard InChI is InChI=1S/C16H21N3/c1-11-8-14(9-12(2)19(11)3)16-10-13-6-4-5-7-15(13)17-18-16/h4-7,10-12,14H,8-9H2,1-3H3/t11-,12+,14?. The van der Waals surface area contributed by atoms with E-state index in [-0.39, 0.29) is 0 Å². The lowest BCUT2D eigenvalue weighted by Gasteiger charge is -2.40. The Morgan fingerprint density at radius 1 is 1.05 bits per heavy atom. The summed E-state index contributed by atoms with van der Waals surface area (Å²) in [6.07, 6.45) is 2.35. The molecule has 1 aliphatic heterocycles. The summed E-state index contributed by atoms with van der Waals surface area (Å²) in [4.78, 5) is 2.46. The molecule has 1 aliphatic rings. The highest BCUT2D eigenvalue weighted by molar-refractivity contribution is 5.78. The molecule has 1 aromatic heterocycles. The lowest BCUT2D eigenvalue weighted by Crippen LogP contribution is -2.43. The molecule has 1 saturated heterocycles. The highest BCUT2D eigenvalue weighted by Gasteiger charge is 2.30. The van der Waals surface area contributed by atoms with Crippen molar-refractivity contribution >= 4 is 10.9 Å². The van der Waals surface area contributed by atoms with E-state index in [0.717, 1.165) is 11.2 Å². The maximum absolute atomic E-state index is 4.46. The van der Waals surface area contributed by atoms with Gasteiger partial charge in [-0.05, 0) is 45.9 Å². The Morgan fingerprint density at radius 2 is 1.74 bits per heavy atom. The van der Waals surface area contributed by atoms with Gasteiger partial charge >= 0.3 is 0 Å². The summed E-state index contributed by atoms with van der Waals surface area (Å²) >= 11 is 0. The van der Waals surface area contributed by atoms with Crippen LogP contribution in [0.3, 0.4) is 0 Å². The lowest BCUT2D eigenvalue weighted by atomic mass is 9.85. The number of rotatable bonds is 1. The molecule has 3 nitrogen and oxygen atoms in total. The van der Waals surface area contributed by atoms with Gasteiger partial charge in [0.05, 0.1) is 11.2 Å². The van der Waals surface area contributed by atoms with Crippen LogP contribution < -0.4 is 0 Å². The summed E-state index contributed by atoms with van der Waals surface area (Å²) in [5, 5.41) is 10.0. The van der Waals surface area contributed by atoms with E-state index in [1.165, 1.54) is 18.2 Å². The van der Waals surface area contributed by atoms with Crippen LogP contribution in [0.1, 0.15) is 38.3 Å². The summed E-state index contributed by atoms with van der Waals surface area (Å²) in [7, 11) is 2.22. The molecular weight excluding hydrogens is 234 g/mol. The van der Waals surface area contributed by atoms with E-state index in [1.807, 2.05) is 12.1 Å². The van der Waals surface area contributed by atoms with Crippen LogP contribution in [-0.4, -0.2) is 34.2 Å². The molecule has 2 aromatic rings.